The van der Waals surface area contributed by atoms with Crippen molar-refractivity contribution in [3.63, 3.8) is 0 Å². The van der Waals surface area contributed by atoms with Crippen molar-refractivity contribution in [2.75, 3.05) is 26.4 Å². The number of aromatic nitrogens is 4. The number of halogens is 3. The monoisotopic (exact) mass is 291 g/mol. The van der Waals surface area contributed by atoms with E-state index in [-0.39, 0.29) is 5.65 Å². The maximum absolute atomic E-state index is 12.7. The highest BCUT2D eigenvalue weighted by atomic mass is 32.2. The third kappa shape index (κ3) is 3.35. The Morgan fingerprint density at radius 3 is 2.63 bits per heavy atom. The average Bonchev–Trinajstić information content (AvgIpc) is 2.71. The van der Waals surface area contributed by atoms with Crippen LogP contribution in [0.4, 0.5) is 13.2 Å². The zero-order valence-electron chi connectivity index (χ0n) is 10.3. The van der Waals surface area contributed by atoms with Crippen LogP contribution in [0.5, 0.6) is 0 Å². The largest absolute Gasteiger partial charge is 0.453 e. The van der Waals surface area contributed by atoms with Gasteiger partial charge in [-0.3, -0.25) is 0 Å². The smallest absolute Gasteiger partial charge is 0.309 e. The second-order valence-electron chi connectivity index (χ2n) is 4.11. The quantitative estimate of drug-likeness (QED) is 0.804. The molecule has 0 bridgehead atoms. The van der Waals surface area contributed by atoms with Gasteiger partial charge in [-0.2, -0.15) is 22.8 Å². The van der Waals surface area contributed by atoms with Crippen molar-refractivity contribution < 1.29 is 13.2 Å². The summed E-state index contributed by atoms with van der Waals surface area (Å²) in [6.07, 6.45) is -4.56. The van der Waals surface area contributed by atoms with E-state index >= 15 is 0 Å². The fraction of sp³-hybridized carbons (Fsp3) is 0.500. The molecule has 0 N–H and O–H groups in total. The van der Waals surface area contributed by atoms with Crippen molar-refractivity contribution in [2.45, 2.75) is 11.2 Å². The second-order valence-corrected chi connectivity index (χ2v) is 5.23. The summed E-state index contributed by atoms with van der Waals surface area (Å²) in [6, 6.07) is 3.12. The van der Waals surface area contributed by atoms with Gasteiger partial charge < -0.3 is 4.90 Å². The topological polar surface area (TPSA) is 46.3 Å². The fourth-order valence-corrected chi connectivity index (χ4v) is 2.33. The molecular formula is C10H12F3N5S. The second kappa shape index (κ2) is 5.33. The molecule has 2 aromatic rings. The molecule has 2 rings (SSSR count). The molecule has 0 aromatic carbocycles. The van der Waals surface area contributed by atoms with Crippen molar-refractivity contribution in [2.24, 2.45) is 0 Å². The molecule has 0 saturated heterocycles. The van der Waals surface area contributed by atoms with Crippen LogP contribution in [-0.4, -0.2) is 51.1 Å². The highest BCUT2D eigenvalue weighted by molar-refractivity contribution is 7.99. The summed E-state index contributed by atoms with van der Waals surface area (Å²) < 4.78 is 38.7. The van der Waals surface area contributed by atoms with Gasteiger partial charge in [0.2, 0.25) is 0 Å². The van der Waals surface area contributed by atoms with Crippen molar-refractivity contribution in [1.82, 2.24) is 24.7 Å². The Kier molecular flexibility index (Phi) is 3.95. The molecule has 2 aromatic heterocycles. The normalized spacial score (nSPS) is 12.5. The van der Waals surface area contributed by atoms with E-state index in [1.54, 1.807) is 6.07 Å². The lowest BCUT2D eigenvalue weighted by molar-refractivity contribution is -0.146. The Balaban J connectivity index is 2.23. The van der Waals surface area contributed by atoms with E-state index in [1.807, 2.05) is 19.0 Å². The lowest BCUT2D eigenvalue weighted by Gasteiger charge is -2.08. The van der Waals surface area contributed by atoms with Gasteiger partial charge in [0.1, 0.15) is 5.03 Å². The molecule has 9 heteroatoms. The summed E-state index contributed by atoms with van der Waals surface area (Å²) in [5.74, 6) is -0.354. The van der Waals surface area contributed by atoms with Gasteiger partial charge in [0, 0.05) is 12.3 Å². The molecule has 0 aliphatic heterocycles. The first-order valence-electron chi connectivity index (χ1n) is 5.45. The number of hydrogen-bond donors (Lipinski definition) is 0. The molecule has 19 heavy (non-hydrogen) atoms. The lowest BCUT2D eigenvalue weighted by atomic mass is 10.5. The van der Waals surface area contributed by atoms with Crippen LogP contribution in [0, 0.1) is 0 Å². The predicted molar refractivity (Wildman–Crippen MR) is 65.1 cm³/mol. The first-order chi connectivity index (χ1) is 8.88. The number of hydrogen-bond acceptors (Lipinski definition) is 5. The van der Waals surface area contributed by atoms with Crippen LogP contribution < -0.4 is 0 Å². The Hall–Kier alpha value is -1.35. The van der Waals surface area contributed by atoms with Gasteiger partial charge in [0.05, 0.1) is 0 Å². The van der Waals surface area contributed by atoms with E-state index < -0.39 is 12.0 Å². The van der Waals surface area contributed by atoms with E-state index in [1.165, 1.54) is 17.8 Å². The first kappa shape index (κ1) is 14.1. The molecule has 0 spiro atoms. The summed E-state index contributed by atoms with van der Waals surface area (Å²) in [6.45, 7) is 0.818. The van der Waals surface area contributed by atoms with Crippen molar-refractivity contribution in [1.29, 1.82) is 0 Å². The van der Waals surface area contributed by atoms with E-state index in [0.717, 1.165) is 16.8 Å². The van der Waals surface area contributed by atoms with E-state index in [0.29, 0.717) is 5.03 Å². The van der Waals surface area contributed by atoms with Gasteiger partial charge in [-0.1, -0.05) is 0 Å². The zero-order chi connectivity index (χ0) is 14.0. The number of nitrogens with zero attached hydrogens (tertiary/aromatic N) is 5. The van der Waals surface area contributed by atoms with Crippen LogP contribution in [0.15, 0.2) is 17.2 Å². The van der Waals surface area contributed by atoms with Gasteiger partial charge in [-0.25, -0.2) is 0 Å². The highest BCUT2D eigenvalue weighted by Gasteiger charge is 2.37. The Labute approximate surface area is 111 Å². The fourth-order valence-electron chi connectivity index (χ4n) is 1.36. The van der Waals surface area contributed by atoms with Crippen molar-refractivity contribution in [3.05, 3.63) is 18.0 Å². The van der Waals surface area contributed by atoms with E-state index in [2.05, 4.69) is 15.3 Å². The maximum Gasteiger partial charge on any atom is 0.453 e. The molecule has 0 amide bonds. The van der Waals surface area contributed by atoms with Crippen LogP contribution in [0.25, 0.3) is 5.65 Å². The van der Waals surface area contributed by atoms with Gasteiger partial charge in [-0.15, -0.1) is 22.0 Å². The first-order valence-corrected chi connectivity index (χ1v) is 6.43. The lowest BCUT2D eigenvalue weighted by Crippen LogP contribution is -2.15. The zero-order valence-corrected chi connectivity index (χ0v) is 11.2. The Morgan fingerprint density at radius 1 is 1.26 bits per heavy atom. The van der Waals surface area contributed by atoms with Gasteiger partial charge in [0.15, 0.2) is 5.65 Å². The van der Waals surface area contributed by atoms with Gasteiger partial charge >= 0.3 is 6.18 Å². The van der Waals surface area contributed by atoms with Gasteiger partial charge in [-0.05, 0) is 26.2 Å². The van der Waals surface area contributed by atoms with Crippen LogP contribution >= 0.6 is 11.8 Å². The molecule has 2 heterocycles. The standard InChI is InChI=1S/C10H12F3N5S/c1-17(2)5-6-19-8-4-3-7-14-15-9(10(11,12)13)18(7)16-8/h3-4H,5-6H2,1-2H3. The Morgan fingerprint density at radius 2 is 2.00 bits per heavy atom. The van der Waals surface area contributed by atoms with Crippen molar-refractivity contribution >= 4 is 17.4 Å². The molecule has 0 aliphatic rings. The summed E-state index contributed by atoms with van der Waals surface area (Å²) in [5, 5.41) is 11.0. The SMILES string of the molecule is CN(C)CCSc1ccc2nnc(C(F)(F)F)n2n1. The van der Waals surface area contributed by atoms with Crippen LogP contribution in [0.1, 0.15) is 5.82 Å². The van der Waals surface area contributed by atoms with Crippen LogP contribution in [-0.2, 0) is 6.18 Å². The van der Waals surface area contributed by atoms with Gasteiger partial charge in [0.25, 0.3) is 5.82 Å². The summed E-state index contributed by atoms with van der Waals surface area (Å²) in [7, 11) is 3.86. The predicted octanol–water partition coefficient (Wildman–Crippen LogP) is 1.80. The molecule has 0 radical (unpaired) electrons. The number of alkyl halides is 3. The minimum atomic E-state index is -4.56. The maximum atomic E-state index is 12.7. The van der Waals surface area contributed by atoms with Crippen molar-refractivity contribution in [3.8, 4) is 0 Å². The number of fused-ring (bicyclic) bond motifs is 1. The molecule has 0 saturated carbocycles. The number of rotatable bonds is 4. The molecule has 0 atom stereocenters. The number of thioether (sulfide) groups is 1. The molecule has 0 aliphatic carbocycles. The molecule has 0 unspecified atom stereocenters. The minimum Gasteiger partial charge on any atom is -0.309 e. The highest BCUT2D eigenvalue weighted by Crippen LogP contribution is 2.28. The average molecular weight is 291 g/mol. The van der Waals surface area contributed by atoms with Crippen LogP contribution in [0.2, 0.25) is 0 Å². The minimum absolute atomic E-state index is 0.0873. The molecule has 5 nitrogen and oxygen atoms in total. The summed E-state index contributed by atoms with van der Waals surface area (Å²) >= 11 is 1.39. The van der Waals surface area contributed by atoms with E-state index in [4.69, 9.17) is 0 Å². The summed E-state index contributed by atoms with van der Waals surface area (Å²) in [5.41, 5.74) is 0.0873. The van der Waals surface area contributed by atoms with E-state index in [9.17, 15) is 13.2 Å². The Bertz CT molecular complexity index is 566. The third-order valence-corrected chi connectivity index (χ3v) is 3.18. The summed E-state index contributed by atoms with van der Waals surface area (Å²) in [4.78, 5) is 1.99. The molecule has 0 fully saturated rings. The molecular weight excluding hydrogens is 279 g/mol. The third-order valence-electron chi connectivity index (χ3n) is 2.28. The van der Waals surface area contributed by atoms with Crippen LogP contribution in [0.3, 0.4) is 0 Å². The molecule has 104 valence electrons.